The van der Waals surface area contributed by atoms with Crippen LogP contribution in [0.15, 0.2) is 78.9 Å². The van der Waals surface area contributed by atoms with Crippen LogP contribution in [0.3, 0.4) is 0 Å². The maximum atomic E-state index is 16.0. The average Bonchev–Trinajstić information content (AvgIpc) is 0.769. The molecule has 0 unspecified atom stereocenters. The highest BCUT2D eigenvalue weighted by molar-refractivity contribution is 6.32. The standard InChI is InChI=1S/C71H82Cl2N8O32/c1-22(2)10-32(75-3)62(98)80-48-50(89)24-5-8-36(30(72)12-24)106-38-14-26-15-39(59(38)111-70-57(96)54(93)61(41(20-83)109-70)113-71-58(97)55(94)60(42(21-84)110-71)112-69-56(95)53(92)52(91)40(19-82)108-69)107-37-9-6-25(13-31(37)73)51(90)49-67(103)79-47(68(104)105)29-16-27(85)17-35(87)44(29)28-11-23(4-7-34(28)86)45(64(100)81-49)78-65(101)46(26)77-63(99)33(18-43(74)88)76-66(48)102/h4-9,11-17,22,32-33,40-42,45-58,60-61,69-71,75,82-87,89-97H,10,18-21H2,1-3H3,(H2,74,88)(H,76,102)(H,77,99)(H,78,101)(H,79,103)(H,80,98)(H,81,100)(H,104,105)/t32-,33+,40-,41-,42-,45-,46-,47+,48-,49+,50-,51-,52-,53+,54-,55-,56-,57-,58-,60-,61-,69+,70+,71+/m1/s1. The number of halogens is 2. The summed E-state index contributed by atoms with van der Waals surface area (Å²) < 4.78 is 48.3. The van der Waals surface area contributed by atoms with E-state index in [0.29, 0.717) is 0 Å². The number of benzene rings is 5. The summed E-state index contributed by atoms with van der Waals surface area (Å²) in [6.07, 6.45) is -36.0. The van der Waals surface area contributed by atoms with Gasteiger partial charge in [0.15, 0.2) is 30.1 Å². The number of aliphatic hydroxyl groups is 12. The van der Waals surface area contributed by atoms with Gasteiger partial charge in [0, 0.05) is 22.8 Å². The van der Waals surface area contributed by atoms with Gasteiger partial charge in [-0.15, -0.1) is 0 Å². The fourth-order valence-electron chi connectivity index (χ4n) is 13.7. The fraction of sp³-hybridized carbons (Fsp3) is 0.465. The highest BCUT2D eigenvalue weighted by atomic mass is 35.5. The summed E-state index contributed by atoms with van der Waals surface area (Å²) in [6, 6.07) is -1.83. The molecule has 0 radical (unpaired) electrons. The zero-order chi connectivity index (χ0) is 82.2. The minimum Gasteiger partial charge on any atom is -0.508 e. The lowest BCUT2D eigenvalue weighted by Crippen LogP contribution is -2.66. The Labute approximate surface area is 648 Å². The minimum absolute atomic E-state index is 0.134. The van der Waals surface area contributed by atoms with Crippen molar-refractivity contribution in [1.82, 2.24) is 37.2 Å². The van der Waals surface area contributed by atoms with Crippen LogP contribution in [0.2, 0.25) is 10.0 Å². The van der Waals surface area contributed by atoms with Gasteiger partial charge < -0.3 is 163 Å². The molecule has 8 aliphatic rings. The van der Waals surface area contributed by atoms with Crippen molar-refractivity contribution < 1.29 is 158 Å². The predicted octanol–water partition coefficient (Wildman–Crippen LogP) is -4.48. The van der Waals surface area contributed by atoms with E-state index in [0.717, 1.165) is 78.9 Å². The number of ether oxygens (including phenoxy) is 8. The van der Waals surface area contributed by atoms with Gasteiger partial charge in [-0.05, 0) is 96.2 Å². The van der Waals surface area contributed by atoms with Gasteiger partial charge in [-0.3, -0.25) is 33.6 Å². The molecule has 0 spiro atoms. The number of phenolic OH excluding ortho intramolecular Hbond substituents is 3. The summed E-state index contributed by atoms with van der Waals surface area (Å²) >= 11 is 14.0. The minimum atomic E-state index is -2.43. The number of nitrogens with one attached hydrogen (secondary N) is 7. The van der Waals surface area contributed by atoms with E-state index >= 15 is 14.4 Å². The van der Waals surface area contributed by atoms with Crippen LogP contribution in [0.5, 0.6) is 46.0 Å². The fourth-order valence-corrected chi connectivity index (χ4v) is 14.2. The van der Waals surface area contributed by atoms with Crippen molar-refractivity contribution >= 4 is 70.5 Å². The van der Waals surface area contributed by atoms with Gasteiger partial charge in [0.1, 0.15) is 144 Å². The number of carboxylic acids is 1. The van der Waals surface area contributed by atoms with Gasteiger partial charge >= 0.3 is 5.97 Å². The number of aliphatic carboxylic acids is 1. The second-order valence-electron chi connectivity index (χ2n) is 27.8. The Bertz CT molecular complexity index is 4430. The molecule has 13 rings (SSSR count). The number of fused-ring (bicyclic) bond motifs is 15. The molecule has 3 saturated heterocycles. The van der Waals surface area contributed by atoms with Crippen molar-refractivity contribution in [1.29, 1.82) is 0 Å². The summed E-state index contributed by atoms with van der Waals surface area (Å²) in [5.41, 5.74) is 2.51. The molecule has 11 bridgehead atoms. The smallest absolute Gasteiger partial charge is 0.330 e. The first-order chi connectivity index (χ1) is 53.5. The number of primary amides is 1. The third kappa shape index (κ3) is 17.8. The molecule has 113 heavy (non-hydrogen) atoms. The maximum absolute atomic E-state index is 16.0. The highest BCUT2D eigenvalue weighted by Gasteiger charge is 2.55. The zero-order valence-electron chi connectivity index (χ0n) is 59.5. The largest absolute Gasteiger partial charge is 0.508 e. The molecule has 24 atom stereocenters. The number of carbonyl (C=O) groups excluding carboxylic acids is 7. The van der Waals surface area contributed by atoms with Crippen LogP contribution in [0.1, 0.15) is 84.8 Å². The number of likely N-dealkylation sites (N-methyl/N-ethyl adjacent to an activating group) is 1. The van der Waals surface area contributed by atoms with Gasteiger partial charge in [-0.2, -0.15) is 0 Å². The quantitative estimate of drug-likeness (QED) is 0.0417. The molecule has 25 N–H and O–H groups in total. The first kappa shape index (κ1) is 84.4. The number of amides is 7. The molecule has 0 aliphatic carbocycles. The number of hydrogen-bond acceptors (Lipinski definition) is 32. The Kier molecular flexibility index (Phi) is 26.2. The Balaban J connectivity index is 1.07. The molecule has 612 valence electrons. The Morgan fingerprint density at radius 1 is 0.549 bits per heavy atom. The van der Waals surface area contributed by atoms with Crippen LogP contribution in [0.4, 0.5) is 0 Å². The van der Waals surface area contributed by atoms with E-state index < -0.39 is 304 Å². The Hall–Kier alpha value is -9.48. The summed E-state index contributed by atoms with van der Waals surface area (Å²) in [6.45, 7) is 0.438. The summed E-state index contributed by atoms with van der Waals surface area (Å²) in [5, 5.41) is 195. The molecule has 8 heterocycles. The molecule has 0 aromatic heterocycles. The van der Waals surface area contributed by atoms with Gasteiger partial charge in [0.05, 0.1) is 42.3 Å². The lowest BCUT2D eigenvalue weighted by atomic mass is 9.89. The molecule has 3 fully saturated rings. The summed E-state index contributed by atoms with van der Waals surface area (Å²) in [7, 11) is 1.44. The van der Waals surface area contributed by atoms with E-state index in [9.17, 15) is 106 Å². The molecular formula is C71H82Cl2N8O32. The van der Waals surface area contributed by atoms with Crippen molar-refractivity contribution in [2.45, 2.75) is 173 Å². The number of rotatable bonds is 17. The predicted molar refractivity (Wildman–Crippen MR) is 378 cm³/mol. The Morgan fingerprint density at radius 2 is 1.07 bits per heavy atom. The molecule has 8 aliphatic heterocycles. The van der Waals surface area contributed by atoms with Gasteiger partial charge in [-0.1, -0.05) is 55.2 Å². The first-order valence-corrected chi connectivity index (χ1v) is 35.7. The topological polar surface area (TPSA) is 644 Å². The van der Waals surface area contributed by atoms with Gasteiger partial charge in [0.25, 0.3) is 0 Å². The monoisotopic (exact) mass is 1630 g/mol. The second kappa shape index (κ2) is 35.1. The van der Waals surface area contributed by atoms with Crippen molar-refractivity contribution in [3.8, 4) is 57.1 Å². The maximum Gasteiger partial charge on any atom is 0.330 e. The number of aliphatic hydroxyl groups excluding tert-OH is 12. The zero-order valence-corrected chi connectivity index (χ0v) is 61.0. The molecule has 7 amide bonds. The molecule has 40 nitrogen and oxygen atoms in total. The van der Waals surface area contributed by atoms with Gasteiger partial charge in [0.2, 0.25) is 53.4 Å². The van der Waals surface area contributed by atoms with Crippen molar-refractivity contribution in [2.24, 2.45) is 11.7 Å². The third-order valence-corrected chi connectivity index (χ3v) is 20.2. The van der Waals surface area contributed by atoms with E-state index in [1.807, 2.05) is 0 Å². The van der Waals surface area contributed by atoms with Crippen molar-refractivity contribution in [2.75, 3.05) is 26.9 Å². The van der Waals surface area contributed by atoms with Crippen molar-refractivity contribution in [3.05, 3.63) is 117 Å². The number of carboxylic acid groups (broad SMARTS) is 1. The van der Waals surface area contributed by atoms with Crippen LogP contribution >= 0.6 is 23.2 Å². The number of aromatic hydroxyl groups is 3. The number of carbonyl (C=O) groups is 8. The van der Waals surface area contributed by atoms with Crippen LogP contribution in [-0.4, -0.2) is 272 Å². The number of nitrogens with two attached hydrogens (primary N) is 1. The summed E-state index contributed by atoms with van der Waals surface area (Å²) in [5.74, 6) is -17.1. The lowest BCUT2D eigenvalue weighted by Gasteiger charge is -2.48. The third-order valence-electron chi connectivity index (χ3n) is 19.6. The average molecular weight is 1630 g/mol. The second-order valence-corrected chi connectivity index (χ2v) is 28.6. The first-order valence-electron chi connectivity index (χ1n) is 35.0. The van der Waals surface area contributed by atoms with E-state index in [1.165, 1.54) is 7.05 Å². The molecule has 0 saturated carbocycles. The highest BCUT2D eigenvalue weighted by Crippen LogP contribution is 2.50. The van der Waals surface area contributed by atoms with Crippen molar-refractivity contribution in [3.63, 3.8) is 0 Å². The van der Waals surface area contributed by atoms with E-state index in [4.69, 9.17) is 66.8 Å². The van der Waals surface area contributed by atoms with E-state index in [-0.39, 0.29) is 23.5 Å². The van der Waals surface area contributed by atoms with Crippen LogP contribution in [0, 0.1) is 5.92 Å². The number of phenols is 3. The lowest BCUT2D eigenvalue weighted by molar-refractivity contribution is -0.376. The number of hydrogen-bond donors (Lipinski definition) is 24. The van der Waals surface area contributed by atoms with Crippen LogP contribution in [0.25, 0.3) is 11.1 Å². The Morgan fingerprint density at radius 3 is 1.62 bits per heavy atom. The van der Waals surface area contributed by atoms with Gasteiger partial charge in [-0.25, -0.2) is 4.79 Å². The van der Waals surface area contributed by atoms with Crippen LogP contribution in [-0.2, 0) is 62.0 Å². The SMILES string of the molecule is CN[C@H](CC(C)C)C(=O)N[C@H]1C(=O)N[C@@H](CC(N)=O)C(=O)N[C@H]2C(=O)N[C@H]3C(=O)N[C@H](C(=O)N[C@H](C(=O)O)c4cc(O)cc(O)c4-c4cc3ccc4O)[C@H](O)c3ccc(c(Cl)c3)Oc3cc2cc(c3O[C@@H]2O[C@H](CO)[C@@H](O[C@@H]3O[C@H](CO)[C@@H](O[C@@H]4O[C@H](CO)[C@@H](O)[C@H](O)[C@H]4O)[C@H](O)[C@H]3O)[C@H](O)[C@H]2O)Oc2ccc(cc2Cl)[C@H]1O. The normalized spacial score (nSPS) is 31.7. The molecule has 5 aromatic carbocycles. The van der Waals surface area contributed by atoms with E-state index in [1.54, 1.807) is 13.8 Å². The van der Waals surface area contributed by atoms with Crippen LogP contribution < -0.4 is 57.2 Å². The molecule has 42 heteroatoms. The summed E-state index contributed by atoms with van der Waals surface area (Å²) in [4.78, 5) is 117. The van der Waals surface area contributed by atoms with E-state index in [2.05, 4.69) is 37.2 Å². The molecular weight excluding hydrogens is 1550 g/mol. The molecule has 5 aromatic rings.